The molecule has 2 heterocycles. The first-order valence-corrected chi connectivity index (χ1v) is 10.5. The van der Waals surface area contributed by atoms with Gasteiger partial charge in [0.05, 0.1) is 26.9 Å². The highest BCUT2D eigenvalue weighted by atomic mass is 16.5. The van der Waals surface area contributed by atoms with Crippen molar-refractivity contribution in [2.45, 2.75) is 25.3 Å². The molecule has 1 aromatic heterocycles. The molecule has 1 aliphatic heterocycles. The lowest BCUT2D eigenvalue weighted by Crippen LogP contribution is -2.31. The number of ether oxygens (including phenoxy) is 3. The minimum absolute atomic E-state index is 0.105. The average molecular weight is 432 g/mol. The van der Waals surface area contributed by atoms with Gasteiger partial charge in [-0.05, 0) is 43.2 Å². The third kappa shape index (κ3) is 3.19. The van der Waals surface area contributed by atoms with E-state index in [2.05, 4.69) is 5.32 Å². The van der Waals surface area contributed by atoms with Gasteiger partial charge in [-0.2, -0.15) is 4.98 Å². The quantitative estimate of drug-likeness (QED) is 0.652. The van der Waals surface area contributed by atoms with Crippen LogP contribution in [0.25, 0.3) is 11.4 Å². The summed E-state index contributed by atoms with van der Waals surface area (Å²) < 4.78 is 18.4. The molecule has 1 aliphatic carbocycles. The number of rotatable bonds is 5. The van der Waals surface area contributed by atoms with E-state index >= 15 is 0 Å². The maximum Gasteiger partial charge on any atom is 0.226 e. The fourth-order valence-electron chi connectivity index (χ4n) is 4.44. The number of carbonyl (C=O) groups is 1. The molecular weight excluding hydrogens is 408 g/mol. The van der Waals surface area contributed by atoms with E-state index in [1.807, 2.05) is 42.5 Å². The van der Waals surface area contributed by atoms with Crippen LogP contribution in [-0.2, 0) is 4.79 Å². The van der Waals surface area contributed by atoms with Crippen LogP contribution in [0.1, 0.15) is 30.9 Å². The van der Waals surface area contributed by atoms with Crippen LogP contribution in [0.3, 0.4) is 0 Å². The van der Waals surface area contributed by atoms with Crippen LogP contribution in [0.4, 0.5) is 5.95 Å². The van der Waals surface area contributed by atoms with Crippen LogP contribution in [0.5, 0.6) is 17.2 Å². The van der Waals surface area contributed by atoms with Crippen molar-refractivity contribution in [2.75, 3.05) is 26.6 Å². The zero-order valence-electron chi connectivity index (χ0n) is 18.2. The number of para-hydroxylation sites is 1. The number of aromatic nitrogens is 3. The molecule has 164 valence electrons. The first-order chi connectivity index (χ1) is 15.6. The molecule has 0 saturated carbocycles. The van der Waals surface area contributed by atoms with E-state index in [-0.39, 0.29) is 5.78 Å². The Balaban J connectivity index is 1.73. The number of Topliss-reactive ketones (excluding diaryl/α,β-unsaturated/α-hetero) is 1. The first-order valence-electron chi connectivity index (χ1n) is 10.5. The predicted octanol–water partition coefficient (Wildman–Crippen LogP) is 3.99. The van der Waals surface area contributed by atoms with Crippen molar-refractivity contribution in [1.29, 1.82) is 0 Å². The molecule has 1 N–H and O–H groups in total. The molecule has 0 radical (unpaired) electrons. The van der Waals surface area contributed by atoms with E-state index in [1.54, 1.807) is 26.0 Å². The Kier molecular flexibility index (Phi) is 5.05. The van der Waals surface area contributed by atoms with Crippen molar-refractivity contribution in [1.82, 2.24) is 14.8 Å². The molecule has 32 heavy (non-hydrogen) atoms. The van der Waals surface area contributed by atoms with E-state index < -0.39 is 6.04 Å². The zero-order chi connectivity index (χ0) is 22.2. The SMILES string of the molecule is COc1ccc(OC)c(C2C3=C(CCCC3=O)Nc3nc(-c4ccccc4OC)nn32)c1. The Morgan fingerprint density at radius 3 is 2.59 bits per heavy atom. The van der Waals surface area contributed by atoms with Crippen molar-refractivity contribution >= 4 is 11.7 Å². The second-order valence-electron chi connectivity index (χ2n) is 7.71. The van der Waals surface area contributed by atoms with Crippen LogP contribution in [0.15, 0.2) is 53.7 Å². The average Bonchev–Trinajstić information content (AvgIpc) is 3.26. The maximum atomic E-state index is 13.1. The van der Waals surface area contributed by atoms with Gasteiger partial charge in [-0.15, -0.1) is 5.10 Å². The van der Waals surface area contributed by atoms with Crippen molar-refractivity contribution in [3.05, 3.63) is 59.3 Å². The molecule has 5 rings (SSSR count). The largest absolute Gasteiger partial charge is 0.497 e. The lowest BCUT2D eigenvalue weighted by molar-refractivity contribution is -0.116. The van der Waals surface area contributed by atoms with E-state index in [4.69, 9.17) is 24.3 Å². The van der Waals surface area contributed by atoms with E-state index in [0.29, 0.717) is 41.0 Å². The number of anilines is 1. The summed E-state index contributed by atoms with van der Waals surface area (Å²) in [7, 11) is 4.86. The van der Waals surface area contributed by atoms with Crippen LogP contribution in [-0.4, -0.2) is 41.9 Å². The highest BCUT2D eigenvalue weighted by Gasteiger charge is 2.38. The van der Waals surface area contributed by atoms with Crippen molar-refractivity contribution in [3.8, 4) is 28.6 Å². The van der Waals surface area contributed by atoms with Gasteiger partial charge in [-0.1, -0.05) is 12.1 Å². The van der Waals surface area contributed by atoms with Gasteiger partial charge in [-0.3, -0.25) is 4.79 Å². The molecule has 3 aromatic rings. The van der Waals surface area contributed by atoms with Gasteiger partial charge in [0.25, 0.3) is 0 Å². The third-order valence-corrected chi connectivity index (χ3v) is 5.95. The second-order valence-corrected chi connectivity index (χ2v) is 7.71. The number of hydrogen-bond donors (Lipinski definition) is 1. The minimum Gasteiger partial charge on any atom is -0.497 e. The Labute approximate surface area is 185 Å². The summed E-state index contributed by atoms with van der Waals surface area (Å²) >= 11 is 0. The molecule has 8 nitrogen and oxygen atoms in total. The smallest absolute Gasteiger partial charge is 0.226 e. The van der Waals surface area contributed by atoms with Gasteiger partial charge < -0.3 is 19.5 Å². The van der Waals surface area contributed by atoms with Gasteiger partial charge in [0.1, 0.15) is 23.3 Å². The molecule has 8 heteroatoms. The van der Waals surface area contributed by atoms with E-state index in [9.17, 15) is 4.79 Å². The minimum atomic E-state index is -0.477. The molecule has 0 bridgehead atoms. The van der Waals surface area contributed by atoms with Gasteiger partial charge in [-0.25, -0.2) is 4.68 Å². The van der Waals surface area contributed by atoms with Crippen LogP contribution < -0.4 is 19.5 Å². The number of hydrogen-bond acceptors (Lipinski definition) is 7. The van der Waals surface area contributed by atoms with Crippen molar-refractivity contribution in [3.63, 3.8) is 0 Å². The molecule has 0 saturated heterocycles. The van der Waals surface area contributed by atoms with Gasteiger partial charge in [0.15, 0.2) is 11.6 Å². The number of nitrogens with one attached hydrogen (secondary N) is 1. The van der Waals surface area contributed by atoms with Crippen LogP contribution >= 0.6 is 0 Å². The highest BCUT2D eigenvalue weighted by Crippen LogP contribution is 2.44. The molecule has 0 spiro atoms. The molecule has 0 fully saturated rings. The monoisotopic (exact) mass is 432 g/mol. The standard InChI is InChI=1S/C24H24N4O4/c1-30-14-11-12-20(32-3)16(13-14)22-21-17(8-6-9-18(21)29)25-24-26-23(27-28(22)24)15-7-4-5-10-19(15)31-2/h4-5,7,10-13,22H,6,8-9H2,1-3H3,(H,25,26,27). The summed E-state index contributed by atoms with van der Waals surface area (Å²) in [6, 6.07) is 12.7. The lowest BCUT2D eigenvalue weighted by atomic mass is 9.85. The fourth-order valence-corrected chi connectivity index (χ4v) is 4.44. The Hall–Kier alpha value is -3.81. The Morgan fingerprint density at radius 1 is 1.00 bits per heavy atom. The number of methoxy groups -OCH3 is 3. The number of nitrogens with zero attached hydrogens (tertiary/aromatic N) is 3. The number of benzene rings is 2. The predicted molar refractivity (Wildman–Crippen MR) is 119 cm³/mol. The molecule has 1 unspecified atom stereocenters. The van der Waals surface area contributed by atoms with Gasteiger partial charge in [0.2, 0.25) is 5.95 Å². The summed E-state index contributed by atoms with van der Waals surface area (Å²) in [5, 5.41) is 8.18. The maximum absolute atomic E-state index is 13.1. The summed E-state index contributed by atoms with van der Waals surface area (Å²) in [5.74, 6) is 3.21. The fraction of sp³-hybridized carbons (Fsp3) is 0.292. The molecule has 0 amide bonds. The Bertz CT molecular complexity index is 1230. The second kappa shape index (κ2) is 8.03. The summed E-state index contributed by atoms with van der Waals surface area (Å²) in [6.45, 7) is 0. The zero-order valence-corrected chi connectivity index (χ0v) is 18.2. The van der Waals surface area contributed by atoms with E-state index in [0.717, 1.165) is 29.7 Å². The summed E-state index contributed by atoms with van der Waals surface area (Å²) in [6.07, 6.45) is 2.09. The molecule has 2 aromatic carbocycles. The Morgan fingerprint density at radius 2 is 1.81 bits per heavy atom. The first kappa shape index (κ1) is 20.1. The summed E-state index contributed by atoms with van der Waals surface area (Å²) in [4.78, 5) is 17.9. The molecule has 1 atom stereocenters. The number of ketones is 1. The van der Waals surface area contributed by atoms with Crippen LogP contribution in [0, 0.1) is 0 Å². The topological polar surface area (TPSA) is 87.5 Å². The third-order valence-electron chi connectivity index (χ3n) is 5.95. The molecule has 2 aliphatic rings. The highest BCUT2D eigenvalue weighted by molar-refractivity contribution is 5.99. The molecular formula is C24H24N4O4. The van der Waals surface area contributed by atoms with Crippen LogP contribution in [0.2, 0.25) is 0 Å². The number of carbonyl (C=O) groups excluding carboxylic acids is 1. The van der Waals surface area contributed by atoms with Gasteiger partial charge >= 0.3 is 0 Å². The van der Waals surface area contributed by atoms with E-state index in [1.165, 1.54) is 0 Å². The number of fused-ring (bicyclic) bond motifs is 1. The van der Waals surface area contributed by atoms with Gasteiger partial charge in [0, 0.05) is 23.3 Å². The normalized spacial score (nSPS) is 17.3. The lowest BCUT2D eigenvalue weighted by Gasteiger charge is -2.32. The summed E-state index contributed by atoms with van der Waals surface area (Å²) in [5.41, 5.74) is 3.17. The van der Waals surface area contributed by atoms with Crippen molar-refractivity contribution in [2.24, 2.45) is 0 Å². The number of allylic oxidation sites excluding steroid dienone is 2. The van der Waals surface area contributed by atoms with Crippen molar-refractivity contribution < 1.29 is 19.0 Å².